The van der Waals surface area contributed by atoms with E-state index in [1.807, 2.05) is 54.6 Å². The molecule has 0 radical (unpaired) electrons. The zero-order valence-corrected chi connectivity index (χ0v) is 18.3. The van der Waals surface area contributed by atoms with Gasteiger partial charge in [-0.2, -0.15) is 0 Å². The monoisotopic (exact) mass is 464 g/mol. The summed E-state index contributed by atoms with van der Waals surface area (Å²) < 4.78 is 6.90. The van der Waals surface area contributed by atoms with Crippen molar-refractivity contribution in [2.45, 2.75) is 19.4 Å². The first-order valence-electron chi connectivity index (χ1n) is 10.3. The molecule has 5 heteroatoms. The number of benzene rings is 3. The minimum absolute atomic E-state index is 0.00874. The first kappa shape index (κ1) is 20.6. The number of hydrogen-bond acceptors (Lipinski definition) is 3. The van der Waals surface area contributed by atoms with Crippen molar-refractivity contribution in [2.24, 2.45) is 5.92 Å². The fourth-order valence-corrected chi connectivity index (χ4v) is 4.00. The van der Waals surface area contributed by atoms with Crippen molar-refractivity contribution in [3.05, 3.63) is 88.9 Å². The third-order valence-corrected chi connectivity index (χ3v) is 5.83. The van der Waals surface area contributed by atoms with E-state index in [4.69, 9.17) is 4.74 Å². The molecule has 4 rings (SSSR count). The number of carbonyl (C=O) groups is 1. The van der Waals surface area contributed by atoms with Gasteiger partial charge in [-0.15, -0.1) is 0 Å². The second-order valence-corrected chi connectivity index (χ2v) is 8.55. The summed E-state index contributed by atoms with van der Waals surface area (Å²) in [5.41, 5.74) is 2.07. The van der Waals surface area contributed by atoms with Crippen LogP contribution in [0.25, 0.3) is 0 Å². The molecule has 3 aromatic carbocycles. The standard InChI is InChI=1S/C25H25BrN2O2/c26-21-10-8-19(9-11-21)17-28-16-4-5-20(18-28)25(29)27-22-12-14-24(15-13-22)30-23-6-2-1-3-7-23/h1-3,6-15,20H,4-5,16-18H2,(H,27,29). The number of nitrogens with zero attached hydrogens (tertiary/aromatic N) is 1. The van der Waals surface area contributed by atoms with E-state index in [0.717, 1.165) is 54.1 Å². The van der Waals surface area contributed by atoms with Gasteiger partial charge in [0.25, 0.3) is 0 Å². The predicted molar refractivity (Wildman–Crippen MR) is 124 cm³/mol. The molecule has 0 bridgehead atoms. The molecule has 4 nitrogen and oxygen atoms in total. The van der Waals surface area contributed by atoms with Crippen molar-refractivity contribution in [1.29, 1.82) is 0 Å². The molecule has 1 saturated heterocycles. The average Bonchev–Trinajstić information content (AvgIpc) is 2.78. The van der Waals surface area contributed by atoms with Gasteiger partial charge in [0, 0.05) is 23.2 Å². The van der Waals surface area contributed by atoms with E-state index in [9.17, 15) is 4.79 Å². The van der Waals surface area contributed by atoms with Crippen molar-refractivity contribution in [1.82, 2.24) is 4.90 Å². The zero-order chi connectivity index (χ0) is 20.8. The molecule has 0 spiro atoms. The third kappa shape index (κ3) is 5.71. The van der Waals surface area contributed by atoms with Crippen LogP contribution in [-0.2, 0) is 11.3 Å². The highest BCUT2D eigenvalue weighted by molar-refractivity contribution is 9.10. The molecule has 1 aliphatic heterocycles. The lowest BCUT2D eigenvalue weighted by Gasteiger charge is -2.32. The van der Waals surface area contributed by atoms with Crippen LogP contribution in [0.2, 0.25) is 0 Å². The first-order chi connectivity index (χ1) is 14.7. The molecular formula is C25H25BrN2O2. The van der Waals surface area contributed by atoms with Crippen LogP contribution in [0.1, 0.15) is 18.4 Å². The van der Waals surface area contributed by atoms with E-state index in [1.54, 1.807) is 0 Å². The Bertz CT molecular complexity index is 959. The van der Waals surface area contributed by atoms with E-state index in [-0.39, 0.29) is 11.8 Å². The topological polar surface area (TPSA) is 41.6 Å². The largest absolute Gasteiger partial charge is 0.457 e. The van der Waals surface area contributed by atoms with Gasteiger partial charge in [-0.25, -0.2) is 0 Å². The Morgan fingerprint density at radius 2 is 1.67 bits per heavy atom. The summed E-state index contributed by atoms with van der Waals surface area (Å²) in [6.45, 7) is 2.70. The number of halogens is 1. The fraction of sp³-hybridized carbons (Fsp3) is 0.240. The Morgan fingerprint density at radius 3 is 2.40 bits per heavy atom. The third-order valence-electron chi connectivity index (χ3n) is 5.30. The number of amides is 1. The number of hydrogen-bond donors (Lipinski definition) is 1. The second-order valence-electron chi connectivity index (χ2n) is 7.63. The van der Waals surface area contributed by atoms with Gasteiger partial charge >= 0.3 is 0 Å². The lowest BCUT2D eigenvalue weighted by atomic mass is 9.96. The van der Waals surface area contributed by atoms with Crippen molar-refractivity contribution in [3.8, 4) is 11.5 Å². The van der Waals surface area contributed by atoms with Crippen LogP contribution in [0.4, 0.5) is 5.69 Å². The molecule has 1 aliphatic rings. The molecule has 1 heterocycles. The fourth-order valence-electron chi connectivity index (χ4n) is 3.74. The lowest BCUT2D eigenvalue weighted by Crippen LogP contribution is -2.40. The van der Waals surface area contributed by atoms with E-state index < -0.39 is 0 Å². The SMILES string of the molecule is O=C(Nc1ccc(Oc2ccccc2)cc1)C1CCCN(Cc2ccc(Br)cc2)C1. The highest BCUT2D eigenvalue weighted by atomic mass is 79.9. The Labute approximate surface area is 186 Å². The molecule has 0 saturated carbocycles. The van der Waals surface area contributed by atoms with Crippen LogP contribution in [0.3, 0.4) is 0 Å². The Balaban J connectivity index is 1.31. The number of rotatable bonds is 6. The summed E-state index contributed by atoms with van der Waals surface area (Å²) in [6.07, 6.45) is 1.97. The minimum Gasteiger partial charge on any atom is -0.457 e. The molecule has 0 aliphatic carbocycles. The number of ether oxygens (including phenoxy) is 1. The smallest absolute Gasteiger partial charge is 0.228 e. The van der Waals surface area contributed by atoms with Crippen LogP contribution >= 0.6 is 15.9 Å². The number of carbonyl (C=O) groups excluding carboxylic acids is 1. The normalized spacial score (nSPS) is 16.8. The van der Waals surface area contributed by atoms with E-state index in [2.05, 4.69) is 50.4 Å². The molecule has 1 amide bonds. The van der Waals surface area contributed by atoms with Crippen molar-refractivity contribution >= 4 is 27.5 Å². The number of anilines is 1. The Hall–Kier alpha value is -2.63. The lowest BCUT2D eigenvalue weighted by molar-refractivity contribution is -0.121. The molecule has 154 valence electrons. The quantitative estimate of drug-likeness (QED) is 0.479. The molecule has 0 aromatic heterocycles. The molecular weight excluding hydrogens is 440 g/mol. The summed E-state index contributed by atoms with van der Waals surface area (Å²) in [6, 6.07) is 25.6. The number of nitrogens with one attached hydrogen (secondary N) is 1. The second kappa shape index (κ2) is 9.92. The highest BCUT2D eigenvalue weighted by Gasteiger charge is 2.25. The van der Waals surface area contributed by atoms with E-state index in [0.29, 0.717) is 0 Å². The molecule has 30 heavy (non-hydrogen) atoms. The van der Waals surface area contributed by atoms with Crippen molar-refractivity contribution in [3.63, 3.8) is 0 Å². The summed E-state index contributed by atoms with van der Waals surface area (Å²) in [4.78, 5) is 15.2. The molecule has 1 atom stereocenters. The van der Waals surface area contributed by atoms with Crippen LogP contribution in [0.5, 0.6) is 11.5 Å². The summed E-state index contributed by atoms with van der Waals surface area (Å²) in [7, 11) is 0. The zero-order valence-electron chi connectivity index (χ0n) is 16.8. The van der Waals surface area contributed by atoms with Gasteiger partial charge in [0.2, 0.25) is 5.91 Å². The number of para-hydroxylation sites is 1. The molecule has 1 fully saturated rings. The number of piperidine rings is 1. The summed E-state index contributed by atoms with van der Waals surface area (Å²) in [5.74, 6) is 1.64. The minimum atomic E-state index is 0.00874. The maximum absolute atomic E-state index is 12.8. The van der Waals surface area contributed by atoms with Gasteiger partial charge in [0.15, 0.2) is 0 Å². The van der Waals surface area contributed by atoms with Gasteiger partial charge in [0.05, 0.1) is 5.92 Å². The summed E-state index contributed by atoms with van der Waals surface area (Å²) >= 11 is 3.48. The maximum atomic E-state index is 12.8. The molecule has 1 N–H and O–H groups in total. The van der Waals surface area contributed by atoms with E-state index in [1.165, 1.54) is 5.56 Å². The van der Waals surface area contributed by atoms with Crippen LogP contribution in [-0.4, -0.2) is 23.9 Å². The summed E-state index contributed by atoms with van der Waals surface area (Å²) in [5, 5.41) is 3.07. The van der Waals surface area contributed by atoms with Gasteiger partial charge < -0.3 is 10.1 Å². The predicted octanol–water partition coefficient (Wildman–Crippen LogP) is 6.09. The molecule has 3 aromatic rings. The van der Waals surface area contributed by atoms with Gasteiger partial charge in [-0.1, -0.05) is 46.3 Å². The number of likely N-dealkylation sites (tertiary alicyclic amines) is 1. The van der Waals surface area contributed by atoms with Crippen molar-refractivity contribution in [2.75, 3.05) is 18.4 Å². The first-order valence-corrected chi connectivity index (χ1v) is 11.1. The Kier molecular flexibility index (Phi) is 6.82. The van der Waals surface area contributed by atoms with Crippen LogP contribution in [0, 0.1) is 5.92 Å². The van der Waals surface area contributed by atoms with Gasteiger partial charge in [-0.05, 0) is 73.5 Å². The molecule has 1 unspecified atom stereocenters. The van der Waals surface area contributed by atoms with Crippen LogP contribution in [0.15, 0.2) is 83.3 Å². The van der Waals surface area contributed by atoms with Crippen molar-refractivity contribution < 1.29 is 9.53 Å². The highest BCUT2D eigenvalue weighted by Crippen LogP contribution is 2.24. The maximum Gasteiger partial charge on any atom is 0.228 e. The Morgan fingerprint density at radius 1 is 0.967 bits per heavy atom. The van der Waals surface area contributed by atoms with E-state index >= 15 is 0 Å². The average molecular weight is 465 g/mol. The van der Waals surface area contributed by atoms with Gasteiger partial charge in [0.1, 0.15) is 11.5 Å². The van der Waals surface area contributed by atoms with Crippen LogP contribution < -0.4 is 10.1 Å². The van der Waals surface area contributed by atoms with Gasteiger partial charge in [-0.3, -0.25) is 9.69 Å².